The molecule has 1 unspecified atom stereocenters. The van der Waals surface area contributed by atoms with Gasteiger partial charge in [0.25, 0.3) is 0 Å². The maximum atomic E-state index is 12.1. The fourth-order valence-corrected chi connectivity index (χ4v) is 4.85. The van der Waals surface area contributed by atoms with Crippen molar-refractivity contribution >= 4 is 27.5 Å². The van der Waals surface area contributed by atoms with Gasteiger partial charge in [-0.2, -0.15) is 12.7 Å². The number of aliphatic hydroxyl groups is 1. The van der Waals surface area contributed by atoms with Crippen molar-refractivity contribution in [3.05, 3.63) is 71.3 Å². The number of anilines is 2. The van der Waals surface area contributed by atoms with Crippen molar-refractivity contribution in [1.82, 2.24) is 9.62 Å². The molecular formula is C27H32N4O6S. The number of aromatic hydroxyl groups is 1. The van der Waals surface area contributed by atoms with Crippen LogP contribution >= 0.6 is 0 Å². The molecule has 11 heteroatoms. The van der Waals surface area contributed by atoms with Gasteiger partial charge in [0.2, 0.25) is 5.91 Å². The van der Waals surface area contributed by atoms with Gasteiger partial charge in [0.1, 0.15) is 18.1 Å². The first-order valence-corrected chi connectivity index (χ1v) is 13.6. The summed E-state index contributed by atoms with van der Waals surface area (Å²) in [5.74, 6) is 0.410. The number of hydrogen-bond acceptors (Lipinski definition) is 7. The van der Waals surface area contributed by atoms with Crippen LogP contribution < -0.4 is 20.1 Å². The van der Waals surface area contributed by atoms with Crippen molar-refractivity contribution < 1.29 is 28.2 Å². The van der Waals surface area contributed by atoms with Crippen molar-refractivity contribution in [2.75, 3.05) is 43.8 Å². The summed E-state index contributed by atoms with van der Waals surface area (Å²) >= 11 is 0. The molecule has 5 N–H and O–H groups in total. The number of phenolic OH excluding ortho intramolecular Hbond substituents is 1. The highest BCUT2D eigenvalue weighted by atomic mass is 32.2. The van der Waals surface area contributed by atoms with E-state index >= 15 is 0 Å². The maximum absolute atomic E-state index is 12.1. The number of aliphatic hydroxyl groups excluding tert-OH is 1. The van der Waals surface area contributed by atoms with Crippen LogP contribution in [0.25, 0.3) is 11.1 Å². The molecule has 202 valence electrons. The summed E-state index contributed by atoms with van der Waals surface area (Å²) in [6.45, 7) is 2.56. The number of phenols is 1. The number of carbonyl (C=O) groups excluding carboxylic acids is 1. The predicted molar refractivity (Wildman–Crippen MR) is 147 cm³/mol. The van der Waals surface area contributed by atoms with Crippen LogP contribution in [-0.4, -0.2) is 62.6 Å². The molecule has 1 aliphatic rings. The first-order valence-electron chi connectivity index (χ1n) is 12.1. The van der Waals surface area contributed by atoms with Crippen LogP contribution in [0, 0.1) is 0 Å². The number of ether oxygens (including phenoxy) is 1. The number of hydrogen-bond donors (Lipinski definition) is 5. The molecule has 38 heavy (non-hydrogen) atoms. The molecule has 0 heterocycles. The predicted octanol–water partition coefficient (Wildman–Crippen LogP) is 2.84. The quantitative estimate of drug-likeness (QED) is 0.146. The van der Waals surface area contributed by atoms with Crippen LogP contribution in [0.5, 0.6) is 11.5 Å². The Labute approximate surface area is 222 Å². The number of carbonyl (C=O) groups is 1. The van der Waals surface area contributed by atoms with Crippen LogP contribution in [0.4, 0.5) is 11.4 Å². The molecule has 1 aliphatic carbocycles. The van der Waals surface area contributed by atoms with Gasteiger partial charge >= 0.3 is 10.2 Å². The lowest BCUT2D eigenvalue weighted by molar-refractivity contribution is -0.114. The summed E-state index contributed by atoms with van der Waals surface area (Å²) in [4.78, 5) is 11.3. The Hall–Kier alpha value is -3.64. The topological polar surface area (TPSA) is 140 Å². The molecule has 0 radical (unpaired) electrons. The van der Waals surface area contributed by atoms with Gasteiger partial charge < -0.3 is 25.6 Å². The van der Waals surface area contributed by atoms with E-state index in [1.807, 2.05) is 36.4 Å². The van der Waals surface area contributed by atoms with E-state index in [2.05, 4.69) is 15.4 Å². The van der Waals surface area contributed by atoms with Crippen molar-refractivity contribution in [3.63, 3.8) is 0 Å². The molecule has 0 spiro atoms. The van der Waals surface area contributed by atoms with E-state index in [1.165, 1.54) is 39.2 Å². The third-order valence-corrected chi connectivity index (χ3v) is 7.62. The highest BCUT2D eigenvalue weighted by Crippen LogP contribution is 2.39. The van der Waals surface area contributed by atoms with Crippen molar-refractivity contribution in [2.24, 2.45) is 0 Å². The highest BCUT2D eigenvalue weighted by molar-refractivity contribution is 7.90. The Kier molecular flexibility index (Phi) is 8.22. The van der Waals surface area contributed by atoms with E-state index in [4.69, 9.17) is 4.74 Å². The van der Waals surface area contributed by atoms with Crippen molar-refractivity contribution in [2.45, 2.75) is 19.4 Å². The van der Waals surface area contributed by atoms with E-state index in [0.717, 1.165) is 44.4 Å². The molecule has 0 bridgehead atoms. The zero-order chi connectivity index (χ0) is 27.4. The third-order valence-electron chi connectivity index (χ3n) is 6.18. The largest absolute Gasteiger partial charge is 0.506 e. The van der Waals surface area contributed by atoms with Crippen LogP contribution in [0.1, 0.15) is 29.7 Å². The second-order valence-corrected chi connectivity index (χ2v) is 11.2. The average Bonchev–Trinajstić information content (AvgIpc) is 3.21. The standard InChI is InChI=1S/C27H32N4O6S/c1-17(32)29-21-5-7-23-19(13-21)12-20-14-22(6-8-24(20)23)37-11-10-28-16-27(34)18-4-9-26(33)25(15-18)30-38(35,36)31(2)3/h4-9,13-15,27-28,30,33-34H,10-12,16H2,1-3H3,(H,29,32). The molecule has 3 aromatic carbocycles. The Morgan fingerprint density at radius 2 is 1.76 bits per heavy atom. The van der Waals surface area contributed by atoms with E-state index in [1.54, 1.807) is 0 Å². The van der Waals surface area contributed by atoms with Gasteiger partial charge in [0, 0.05) is 39.8 Å². The SMILES string of the molecule is CC(=O)Nc1ccc2c(c1)Cc1cc(OCCNCC(O)c3ccc(O)c(NS(=O)(=O)N(C)C)c3)ccc1-2. The lowest BCUT2D eigenvalue weighted by Crippen LogP contribution is -2.29. The molecule has 10 nitrogen and oxygen atoms in total. The first-order chi connectivity index (χ1) is 18.0. The number of amides is 1. The fourth-order valence-electron chi connectivity index (χ4n) is 4.23. The Morgan fingerprint density at radius 1 is 1.05 bits per heavy atom. The smallest absolute Gasteiger partial charge is 0.301 e. The summed E-state index contributed by atoms with van der Waals surface area (Å²) in [5, 5.41) is 26.5. The molecule has 4 rings (SSSR count). The van der Waals surface area contributed by atoms with E-state index < -0.39 is 16.3 Å². The van der Waals surface area contributed by atoms with Crippen molar-refractivity contribution in [1.29, 1.82) is 0 Å². The number of nitrogens with zero attached hydrogens (tertiary/aromatic N) is 1. The lowest BCUT2D eigenvalue weighted by Gasteiger charge is -2.17. The zero-order valence-corrected chi connectivity index (χ0v) is 22.3. The van der Waals surface area contributed by atoms with Crippen LogP contribution in [0.15, 0.2) is 54.6 Å². The molecule has 0 saturated carbocycles. The Morgan fingerprint density at radius 3 is 2.47 bits per heavy atom. The number of benzene rings is 3. The molecule has 0 fully saturated rings. The second kappa shape index (κ2) is 11.4. The molecule has 0 saturated heterocycles. The summed E-state index contributed by atoms with van der Waals surface area (Å²) in [7, 11) is -1.05. The number of fused-ring (bicyclic) bond motifs is 3. The minimum absolute atomic E-state index is 0.0105. The van der Waals surface area contributed by atoms with Gasteiger partial charge in [-0.1, -0.05) is 18.2 Å². The lowest BCUT2D eigenvalue weighted by atomic mass is 10.1. The molecule has 0 aliphatic heterocycles. The summed E-state index contributed by atoms with van der Waals surface area (Å²) < 4.78 is 33.3. The summed E-state index contributed by atoms with van der Waals surface area (Å²) in [6.07, 6.45) is -0.155. The monoisotopic (exact) mass is 540 g/mol. The van der Waals surface area contributed by atoms with Crippen molar-refractivity contribution in [3.8, 4) is 22.6 Å². The average molecular weight is 541 g/mol. The number of nitrogens with one attached hydrogen (secondary N) is 3. The maximum Gasteiger partial charge on any atom is 0.301 e. The zero-order valence-electron chi connectivity index (χ0n) is 21.5. The molecule has 1 amide bonds. The van der Waals surface area contributed by atoms with E-state index in [0.29, 0.717) is 18.7 Å². The minimum Gasteiger partial charge on any atom is -0.506 e. The normalized spacial score (nSPS) is 13.1. The van der Waals surface area contributed by atoms with E-state index in [-0.39, 0.29) is 23.9 Å². The van der Waals surface area contributed by atoms with Gasteiger partial charge in [0.15, 0.2) is 0 Å². The Balaban J connectivity index is 1.27. The van der Waals surface area contributed by atoms with Gasteiger partial charge in [-0.05, 0) is 70.6 Å². The fraction of sp³-hybridized carbons (Fsp3) is 0.296. The third kappa shape index (κ3) is 6.43. The number of rotatable bonds is 11. The minimum atomic E-state index is -3.80. The molecule has 1 atom stereocenters. The van der Waals surface area contributed by atoms with Gasteiger partial charge in [-0.15, -0.1) is 0 Å². The summed E-state index contributed by atoms with van der Waals surface area (Å²) in [5.41, 5.74) is 5.86. The Bertz CT molecular complexity index is 1440. The molecule has 3 aromatic rings. The molecular weight excluding hydrogens is 508 g/mol. The highest BCUT2D eigenvalue weighted by Gasteiger charge is 2.20. The van der Waals surface area contributed by atoms with Gasteiger partial charge in [-0.25, -0.2) is 0 Å². The second-order valence-electron chi connectivity index (χ2n) is 9.28. The van der Waals surface area contributed by atoms with E-state index in [9.17, 15) is 23.4 Å². The van der Waals surface area contributed by atoms with Crippen LogP contribution in [0.3, 0.4) is 0 Å². The molecule has 0 aromatic heterocycles. The van der Waals surface area contributed by atoms with Gasteiger partial charge in [0.05, 0.1) is 11.8 Å². The van der Waals surface area contributed by atoms with Crippen LogP contribution in [0.2, 0.25) is 0 Å². The van der Waals surface area contributed by atoms with Gasteiger partial charge in [-0.3, -0.25) is 9.52 Å². The van der Waals surface area contributed by atoms with Crippen LogP contribution in [-0.2, 0) is 21.4 Å². The first kappa shape index (κ1) is 27.4. The summed E-state index contributed by atoms with van der Waals surface area (Å²) in [6, 6.07) is 16.2.